The van der Waals surface area contributed by atoms with Crippen molar-refractivity contribution in [1.29, 1.82) is 0 Å². The first-order valence-electron chi connectivity index (χ1n) is 13.9. The number of carbonyl (C=O) groups excluding carboxylic acids is 2. The Labute approximate surface area is 246 Å². The highest BCUT2D eigenvalue weighted by Crippen LogP contribution is 2.49. The summed E-state index contributed by atoms with van der Waals surface area (Å²) in [5, 5.41) is 8.06. The van der Waals surface area contributed by atoms with Crippen LogP contribution in [-0.4, -0.2) is 38.9 Å². The zero-order chi connectivity index (χ0) is 29.3. The van der Waals surface area contributed by atoms with Crippen molar-refractivity contribution in [1.82, 2.24) is 20.1 Å². The number of nitrogens with one attached hydrogen (secondary N) is 1. The van der Waals surface area contributed by atoms with Gasteiger partial charge in [-0.2, -0.15) is 5.10 Å². The molecule has 7 nitrogen and oxygen atoms in total. The van der Waals surface area contributed by atoms with Gasteiger partial charge in [0.25, 0.3) is 0 Å². The fourth-order valence-electron chi connectivity index (χ4n) is 5.30. The smallest absolute Gasteiger partial charge is 0.240 e. The van der Waals surface area contributed by atoms with Crippen molar-refractivity contribution in [2.75, 3.05) is 17.2 Å². The molecular weight excluding hydrogens is 530 g/mol. The maximum Gasteiger partial charge on any atom is 0.240 e. The number of carbonyl (C=O) groups is 2. The van der Waals surface area contributed by atoms with Gasteiger partial charge in [0, 0.05) is 17.2 Å². The first-order valence-corrected chi connectivity index (χ1v) is 14.9. The van der Waals surface area contributed by atoms with Gasteiger partial charge in [-0.3, -0.25) is 19.5 Å². The predicted octanol–water partition coefficient (Wildman–Crippen LogP) is 5.98. The van der Waals surface area contributed by atoms with Crippen molar-refractivity contribution < 1.29 is 9.59 Å². The van der Waals surface area contributed by atoms with E-state index in [9.17, 15) is 9.59 Å². The van der Waals surface area contributed by atoms with Crippen LogP contribution >= 0.6 is 11.8 Å². The lowest BCUT2D eigenvalue weighted by Crippen LogP contribution is -2.42. The summed E-state index contributed by atoms with van der Waals surface area (Å²) in [5.41, 5.74) is 7.75. The maximum absolute atomic E-state index is 13.9. The molecule has 1 aliphatic rings. The maximum atomic E-state index is 13.9. The summed E-state index contributed by atoms with van der Waals surface area (Å²) >= 11 is 1.60. The second-order valence-electron chi connectivity index (χ2n) is 11.7. The molecule has 0 bridgehead atoms. The summed E-state index contributed by atoms with van der Waals surface area (Å²) in [7, 11) is 0. The molecule has 0 fully saturated rings. The molecule has 2 aromatic heterocycles. The number of rotatable bonds is 6. The van der Waals surface area contributed by atoms with E-state index in [1.807, 2.05) is 35.0 Å². The van der Waals surface area contributed by atoms with Crippen LogP contribution in [0, 0.1) is 20.8 Å². The Morgan fingerprint density at radius 3 is 2.46 bits per heavy atom. The average molecular weight is 568 g/mol. The quantitative estimate of drug-likeness (QED) is 0.310. The molecule has 0 aliphatic carbocycles. The van der Waals surface area contributed by atoms with Gasteiger partial charge in [-0.1, -0.05) is 68.8 Å². The molecule has 212 valence electrons. The van der Waals surface area contributed by atoms with E-state index in [1.165, 1.54) is 0 Å². The number of fused-ring (bicyclic) bond motifs is 1. The normalized spacial score (nSPS) is 15.4. The monoisotopic (exact) mass is 567 g/mol. The molecule has 0 spiro atoms. The number of aromatic nitrogens is 3. The van der Waals surface area contributed by atoms with E-state index in [0.29, 0.717) is 12.4 Å². The van der Waals surface area contributed by atoms with Crippen molar-refractivity contribution in [2.24, 2.45) is 0 Å². The molecule has 2 amide bonds. The molecule has 41 heavy (non-hydrogen) atoms. The molecular formula is C33H37N5O2S. The van der Waals surface area contributed by atoms with Crippen LogP contribution in [0.1, 0.15) is 65.2 Å². The van der Waals surface area contributed by atoms with Crippen LogP contribution in [0.15, 0.2) is 66.9 Å². The molecule has 3 heterocycles. The van der Waals surface area contributed by atoms with Crippen LogP contribution in [0.5, 0.6) is 0 Å². The van der Waals surface area contributed by atoms with E-state index in [-0.39, 0.29) is 34.8 Å². The van der Waals surface area contributed by atoms with E-state index >= 15 is 0 Å². The van der Waals surface area contributed by atoms with E-state index in [4.69, 9.17) is 5.10 Å². The van der Waals surface area contributed by atoms with Crippen LogP contribution < -0.4 is 10.2 Å². The molecule has 5 rings (SSSR count). The van der Waals surface area contributed by atoms with E-state index in [0.717, 1.165) is 44.9 Å². The van der Waals surface area contributed by atoms with E-state index < -0.39 is 0 Å². The summed E-state index contributed by atoms with van der Waals surface area (Å²) in [4.78, 5) is 33.2. The summed E-state index contributed by atoms with van der Waals surface area (Å²) in [6.45, 7) is 12.9. The Kier molecular flexibility index (Phi) is 8.04. The van der Waals surface area contributed by atoms with Crippen LogP contribution in [0.3, 0.4) is 0 Å². The highest BCUT2D eigenvalue weighted by Gasteiger charge is 2.40. The molecule has 1 aliphatic heterocycles. The Hall–Kier alpha value is -3.91. The number of hydrogen-bond acceptors (Lipinski definition) is 5. The Morgan fingerprint density at radius 1 is 1.02 bits per heavy atom. The van der Waals surface area contributed by atoms with Crippen molar-refractivity contribution in [3.63, 3.8) is 0 Å². The Morgan fingerprint density at radius 2 is 1.78 bits per heavy atom. The highest BCUT2D eigenvalue weighted by molar-refractivity contribution is 8.00. The summed E-state index contributed by atoms with van der Waals surface area (Å²) in [5.74, 6) is 0.544. The van der Waals surface area contributed by atoms with Crippen LogP contribution in [0.25, 0.3) is 5.69 Å². The number of nitrogens with zero attached hydrogens (tertiary/aromatic N) is 4. The lowest BCUT2D eigenvalue weighted by molar-refractivity contribution is -0.123. The lowest BCUT2D eigenvalue weighted by Gasteiger charge is -2.25. The molecule has 2 aromatic carbocycles. The SMILES string of the molecule is Cc1ccc(-n2nc(C(C)(C)C)c3c2N(CC(=O)NCc2ccccn2)C(=O)CS[C@H]3c2ccccc2C)c(C)c1. The minimum atomic E-state index is -0.310. The first kappa shape index (κ1) is 28.6. The molecule has 1 N–H and O–H groups in total. The average Bonchev–Trinajstić information content (AvgIpc) is 3.26. The fourth-order valence-corrected chi connectivity index (χ4v) is 6.59. The zero-order valence-corrected chi connectivity index (χ0v) is 25.4. The van der Waals surface area contributed by atoms with Gasteiger partial charge in [0.2, 0.25) is 11.8 Å². The minimum absolute atomic E-state index is 0.111. The second-order valence-corrected chi connectivity index (χ2v) is 12.8. The van der Waals surface area contributed by atoms with Gasteiger partial charge in [0.1, 0.15) is 12.4 Å². The second kappa shape index (κ2) is 11.5. The minimum Gasteiger partial charge on any atom is -0.349 e. The van der Waals surface area contributed by atoms with Gasteiger partial charge in [0.05, 0.1) is 34.6 Å². The van der Waals surface area contributed by atoms with Gasteiger partial charge in [-0.05, 0) is 55.7 Å². The first-order chi connectivity index (χ1) is 19.5. The van der Waals surface area contributed by atoms with E-state index in [2.05, 4.69) is 82.2 Å². The summed E-state index contributed by atoms with van der Waals surface area (Å²) < 4.78 is 1.89. The molecule has 0 saturated heterocycles. The largest absolute Gasteiger partial charge is 0.349 e. The Balaban J connectivity index is 1.69. The third kappa shape index (κ3) is 5.93. The molecule has 1 atom stereocenters. The lowest BCUT2D eigenvalue weighted by atomic mass is 9.86. The van der Waals surface area contributed by atoms with Crippen molar-refractivity contribution >= 4 is 29.4 Å². The van der Waals surface area contributed by atoms with Crippen LogP contribution in [0.4, 0.5) is 5.82 Å². The molecule has 0 saturated carbocycles. The standard InChI is InChI=1S/C33H37N5O2S/c1-21-14-15-26(23(3)17-21)38-32-29(31(36-38)33(4,5)6)30(25-13-8-7-11-22(25)2)41-20-28(40)37(32)19-27(39)35-18-24-12-9-10-16-34-24/h7-17,30H,18-20H2,1-6H3,(H,35,39)/t30-/m0/s1. The number of benzene rings is 2. The highest BCUT2D eigenvalue weighted by atomic mass is 32.2. The number of amides is 2. The number of anilines is 1. The van der Waals surface area contributed by atoms with Gasteiger partial charge in [0.15, 0.2) is 0 Å². The number of hydrogen-bond donors (Lipinski definition) is 1. The molecule has 0 radical (unpaired) electrons. The van der Waals surface area contributed by atoms with Crippen molar-refractivity contribution in [3.8, 4) is 5.69 Å². The third-order valence-electron chi connectivity index (χ3n) is 7.35. The molecule has 0 unspecified atom stereocenters. The number of pyridine rings is 1. The summed E-state index contributed by atoms with van der Waals surface area (Å²) in [6.07, 6.45) is 1.70. The van der Waals surface area contributed by atoms with Gasteiger partial charge >= 0.3 is 0 Å². The van der Waals surface area contributed by atoms with Gasteiger partial charge in [-0.15, -0.1) is 11.8 Å². The van der Waals surface area contributed by atoms with Crippen molar-refractivity contribution in [2.45, 2.75) is 58.8 Å². The number of aryl methyl sites for hydroxylation is 3. The topological polar surface area (TPSA) is 80.1 Å². The molecule has 8 heteroatoms. The third-order valence-corrected chi connectivity index (χ3v) is 8.58. The molecule has 4 aromatic rings. The zero-order valence-electron chi connectivity index (χ0n) is 24.6. The van der Waals surface area contributed by atoms with E-state index in [1.54, 1.807) is 22.9 Å². The van der Waals surface area contributed by atoms with Crippen LogP contribution in [0.2, 0.25) is 0 Å². The van der Waals surface area contributed by atoms with Gasteiger partial charge < -0.3 is 5.32 Å². The Bertz CT molecular complexity index is 1590. The predicted molar refractivity (Wildman–Crippen MR) is 166 cm³/mol. The van der Waals surface area contributed by atoms with Gasteiger partial charge in [-0.25, -0.2) is 4.68 Å². The number of thioether (sulfide) groups is 1. The fraction of sp³-hybridized carbons (Fsp3) is 0.333. The van der Waals surface area contributed by atoms with Crippen LogP contribution in [-0.2, 0) is 21.5 Å². The van der Waals surface area contributed by atoms with Crippen molar-refractivity contribution in [3.05, 3.63) is 106 Å². The summed E-state index contributed by atoms with van der Waals surface area (Å²) in [6, 6.07) is 20.1.